The molecular weight excluding hydrogens is 939 g/mol. The van der Waals surface area contributed by atoms with E-state index in [-0.39, 0.29) is 12.5 Å². The van der Waals surface area contributed by atoms with Gasteiger partial charge in [0, 0.05) is 6.42 Å². The Labute approximate surface area is 481 Å². The molecule has 4 heteroatoms. The van der Waals surface area contributed by atoms with Gasteiger partial charge in [-0.2, -0.15) is 0 Å². The van der Waals surface area contributed by atoms with Gasteiger partial charge in [0.05, 0.1) is 18.8 Å². The van der Waals surface area contributed by atoms with E-state index in [0.717, 1.165) is 64.2 Å². The fraction of sp³-hybridized carbons (Fsp3) is 0.795. The molecule has 2 atom stereocenters. The van der Waals surface area contributed by atoms with Gasteiger partial charge in [-0.15, -0.1) is 0 Å². The van der Waals surface area contributed by atoms with Crippen molar-refractivity contribution < 1.29 is 15.0 Å². The molecule has 0 heterocycles. The average molecular weight is 1070 g/mol. The molecule has 0 rings (SSSR count). The smallest absolute Gasteiger partial charge is 0.220 e. The lowest BCUT2D eigenvalue weighted by Gasteiger charge is -2.19. The zero-order valence-corrected chi connectivity index (χ0v) is 51.7. The molecule has 4 nitrogen and oxygen atoms in total. The molecule has 77 heavy (non-hydrogen) atoms. The molecule has 3 N–H and O–H groups in total. The Morgan fingerprint density at radius 2 is 0.584 bits per heavy atom. The van der Waals surface area contributed by atoms with Crippen LogP contribution in [0.2, 0.25) is 0 Å². The third kappa shape index (κ3) is 64.3. The lowest BCUT2D eigenvalue weighted by Crippen LogP contribution is -2.45. The summed E-state index contributed by atoms with van der Waals surface area (Å²) in [6.45, 7) is 4.21. The predicted octanol–water partition coefficient (Wildman–Crippen LogP) is 23.4. The van der Waals surface area contributed by atoms with Crippen LogP contribution in [-0.4, -0.2) is 34.9 Å². The first-order valence-corrected chi connectivity index (χ1v) is 34.3. The van der Waals surface area contributed by atoms with E-state index >= 15 is 0 Å². The van der Waals surface area contributed by atoms with E-state index in [4.69, 9.17) is 0 Å². The fourth-order valence-electron chi connectivity index (χ4n) is 10.5. The zero-order valence-electron chi connectivity index (χ0n) is 51.7. The van der Waals surface area contributed by atoms with E-state index in [1.54, 1.807) is 6.08 Å². The van der Waals surface area contributed by atoms with Gasteiger partial charge in [0.15, 0.2) is 0 Å². The van der Waals surface area contributed by atoms with Crippen LogP contribution in [0.3, 0.4) is 0 Å². The summed E-state index contributed by atoms with van der Waals surface area (Å²) >= 11 is 0. The molecule has 0 aliphatic carbocycles. The van der Waals surface area contributed by atoms with Crippen LogP contribution in [0.1, 0.15) is 354 Å². The lowest BCUT2D eigenvalue weighted by molar-refractivity contribution is -0.123. The van der Waals surface area contributed by atoms with Crippen LogP contribution in [0.5, 0.6) is 0 Å². The normalized spacial score (nSPS) is 13.2. The number of aliphatic hydroxyl groups is 2. The Hall–Kier alpha value is -2.43. The van der Waals surface area contributed by atoms with Crippen molar-refractivity contribution in [3.05, 3.63) is 85.1 Å². The number of carbonyl (C=O) groups excluding carboxylic acids is 1. The number of carbonyl (C=O) groups is 1. The number of hydrogen-bond donors (Lipinski definition) is 3. The molecule has 0 aromatic carbocycles. The van der Waals surface area contributed by atoms with Gasteiger partial charge < -0.3 is 15.5 Å². The molecule has 0 saturated carbocycles. The van der Waals surface area contributed by atoms with E-state index in [2.05, 4.69) is 92.1 Å². The maximum absolute atomic E-state index is 12.5. The Morgan fingerprint density at radius 3 is 0.909 bits per heavy atom. The van der Waals surface area contributed by atoms with Gasteiger partial charge in [0.2, 0.25) is 5.91 Å². The highest BCUT2D eigenvalue weighted by molar-refractivity contribution is 5.76. The average Bonchev–Trinajstić information content (AvgIpc) is 3.43. The van der Waals surface area contributed by atoms with Gasteiger partial charge in [0.1, 0.15) is 0 Å². The molecule has 0 aliphatic rings. The van der Waals surface area contributed by atoms with Crippen molar-refractivity contribution in [1.82, 2.24) is 5.32 Å². The van der Waals surface area contributed by atoms with Crippen LogP contribution >= 0.6 is 0 Å². The largest absolute Gasteiger partial charge is 0.394 e. The van der Waals surface area contributed by atoms with Crippen LogP contribution in [0.25, 0.3) is 0 Å². The first-order chi connectivity index (χ1) is 38.2. The third-order valence-corrected chi connectivity index (χ3v) is 15.6. The van der Waals surface area contributed by atoms with Crippen LogP contribution in [0.15, 0.2) is 85.1 Å². The number of unbranched alkanes of at least 4 members (excludes halogenated alkanes) is 44. The quantitative estimate of drug-likeness (QED) is 0.0420. The summed E-state index contributed by atoms with van der Waals surface area (Å²) in [6.07, 6.45) is 99.6. The highest BCUT2D eigenvalue weighted by Crippen LogP contribution is 2.18. The minimum absolute atomic E-state index is 0.0682. The van der Waals surface area contributed by atoms with Crippen LogP contribution in [-0.2, 0) is 4.79 Å². The van der Waals surface area contributed by atoms with E-state index < -0.39 is 12.1 Å². The SMILES string of the molecule is CC/C=C\C/C=C\C/C=C\C/C=C\C/C=C\CCCCCCCCCCCCCCCCCCCCCCCCCCCC(=O)NC(CO)C(O)/C=C/CC/C=C/CCCCCCCCCCCCCCCCCCCC. The standard InChI is InChI=1S/C73H133NO3/c1-3-5-7-9-11-13-15-17-19-21-23-25-27-29-30-31-32-33-34-35-36-37-38-39-40-41-42-43-44-45-47-49-51-53-55-57-59-61-63-65-67-69-73(77)74-71(70-75)72(76)68-66-64-62-60-58-56-54-52-50-48-46-28-26-24-22-20-18-16-14-12-10-8-6-4-2/h5,7,11,13,17,19,23,25,29-30,58,60,66,68,71-72,75-76H,3-4,6,8-10,12,14-16,18,20-22,24,26-28,31-57,59,61-65,67,69-70H2,1-2H3,(H,74,77)/b7-5-,13-11-,19-17-,25-23-,30-29-,60-58+,68-66+. The van der Waals surface area contributed by atoms with Gasteiger partial charge in [-0.3, -0.25) is 4.79 Å². The maximum atomic E-state index is 12.5. The van der Waals surface area contributed by atoms with E-state index in [1.807, 2.05) is 6.08 Å². The van der Waals surface area contributed by atoms with Gasteiger partial charge >= 0.3 is 0 Å². The van der Waals surface area contributed by atoms with Gasteiger partial charge in [-0.1, -0.05) is 356 Å². The minimum atomic E-state index is -0.865. The summed E-state index contributed by atoms with van der Waals surface area (Å²) in [5.41, 5.74) is 0. The zero-order chi connectivity index (χ0) is 55.5. The Morgan fingerprint density at radius 1 is 0.325 bits per heavy atom. The van der Waals surface area contributed by atoms with Crippen molar-refractivity contribution in [3.8, 4) is 0 Å². The Kier molecular flexibility index (Phi) is 65.7. The second kappa shape index (κ2) is 67.8. The molecule has 448 valence electrons. The molecule has 0 bridgehead atoms. The Bertz CT molecular complexity index is 1360. The number of amides is 1. The van der Waals surface area contributed by atoms with Gasteiger partial charge in [-0.25, -0.2) is 0 Å². The molecule has 0 spiro atoms. The Balaban J connectivity index is 3.45. The van der Waals surface area contributed by atoms with Gasteiger partial charge in [0.25, 0.3) is 0 Å². The summed E-state index contributed by atoms with van der Waals surface area (Å²) in [5, 5.41) is 23.2. The third-order valence-electron chi connectivity index (χ3n) is 15.6. The predicted molar refractivity (Wildman–Crippen MR) is 345 cm³/mol. The number of hydrogen-bond acceptors (Lipinski definition) is 3. The number of allylic oxidation sites excluding steroid dienone is 13. The van der Waals surface area contributed by atoms with E-state index in [1.165, 1.54) is 270 Å². The molecule has 2 unspecified atom stereocenters. The van der Waals surface area contributed by atoms with Crippen LogP contribution in [0, 0.1) is 0 Å². The first-order valence-electron chi connectivity index (χ1n) is 34.3. The molecule has 0 saturated heterocycles. The number of nitrogens with one attached hydrogen (secondary N) is 1. The van der Waals surface area contributed by atoms with Crippen molar-refractivity contribution in [2.24, 2.45) is 0 Å². The monoisotopic (exact) mass is 1070 g/mol. The molecule has 0 aromatic heterocycles. The second-order valence-corrected chi connectivity index (χ2v) is 23.2. The van der Waals surface area contributed by atoms with Crippen LogP contribution in [0.4, 0.5) is 0 Å². The van der Waals surface area contributed by atoms with Gasteiger partial charge in [-0.05, 0) is 77.0 Å². The van der Waals surface area contributed by atoms with Crippen molar-refractivity contribution in [2.75, 3.05) is 6.61 Å². The fourth-order valence-corrected chi connectivity index (χ4v) is 10.5. The topological polar surface area (TPSA) is 69.6 Å². The second-order valence-electron chi connectivity index (χ2n) is 23.2. The van der Waals surface area contributed by atoms with Crippen molar-refractivity contribution >= 4 is 5.91 Å². The summed E-state index contributed by atoms with van der Waals surface area (Å²) in [7, 11) is 0. The number of rotatable bonds is 63. The molecule has 0 aliphatic heterocycles. The highest BCUT2D eigenvalue weighted by atomic mass is 16.3. The van der Waals surface area contributed by atoms with Crippen molar-refractivity contribution in [2.45, 2.75) is 366 Å². The summed E-state index contributed by atoms with van der Waals surface area (Å²) in [5.74, 6) is -0.0682. The van der Waals surface area contributed by atoms with Crippen molar-refractivity contribution in [3.63, 3.8) is 0 Å². The number of aliphatic hydroxyl groups excluding tert-OH is 2. The first kappa shape index (κ1) is 74.6. The maximum Gasteiger partial charge on any atom is 0.220 e. The molecule has 0 radical (unpaired) electrons. The molecule has 0 aromatic rings. The summed E-state index contributed by atoms with van der Waals surface area (Å²) < 4.78 is 0. The van der Waals surface area contributed by atoms with Crippen LogP contribution < -0.4 is 5.32 Å². The van der Waals surface area contributed by atoms with E-state index in [0.29, 0.717) is 6.42 Å². The van der Waals surface area contributed by atoms with Crippen molar-refractivity contribution in [1.29, 1.82) is 0 Å². The summed E-state index contributed by atoms with van der Waals surface area (Å²) in [4.78, 5) is 12.5. The van der Waals surface area contributed by atoms with E-state index in [9.17, 15) is 15.0 Å². The summed E-state index contributed by atoms with van der Waals surface area (Å²) in [6, 6.07) is -0.641. The molecular formula is C73H133NO3. The lowest BCUT2D eigenvalue weighted by atomic mass is 10.0. The highest BCUT2D eigenvalue weighted by Gasteiger charge is 2.18. The molecule has 0 fully saturated rings. The molecule has 1 amide bonds. The minimum Gasteiger partial charge on any atom is -0.394 e.